The summed E-state index contributed by atoms with van der Waals surface area (Å²) in [6, 6.07) is 6.17. The predicted molar refractivity (Wildman–Crippen MR) is 85.1 cm³/mol. The van der Waals surface area contributed by atoms with E-state index in [1.165, 1.54) is 11.1 Å². The molecule has 0 saturated carbocycles. The number of rotatable bonds is 1. The Labute approximate surface area is 127 Å². The third kappa shape index (κ3) is 2.98. The molecule has 3 heteroatoms. The molecule has 2 heterocycles. The number of piperidine rings is 1. The summed E-state index contributed by atoms with van der Waals surface area (Å²) in [6.07, 6.45) is 2.25. The average Bonchev–Trinajstić information content (AvgIpc) is 2.93. The minimum Gasteiger partial charge on any atom is -0.339 e. The Morgan fingerprint density at radius 2 is 1.81 bits per heavy atom. The van der Waals surface area contributed by atoms with Crippen LogP contribution in [0.25, 0.3) is 0 Å². The highest BCUT2D eigenvalue weighted by atomic mass is 16.2. The molecule has 1 amide bonds. The van der Waals surface area contributed by atoms with Crippen LogP contribution in [0, 0.1) is 11.3 Å². The molecule has 2 aliphatic heterocycles. The van der Waals surface area contributed by atoms with Gasteiger partial charge in [0.1, 0.15) is 0 Å². The SMILES string of the molecule is CC(C)(C)C1CCN(C(=O)c2ccc3c(c2)CNC3)CC1. The number of nitrogens with one attached hydrogen (secondary N) is 1. The Bertz CT molecular complexity index is 537. The van der Waals surface area contributed by atoms with Gasteiger partial charge in [0.2, 0.25) is 0 Å². The highest BCUT2D eigenvalue weighted by Crippen LogP contribution is 2.34. The molecule has 0 aliphatic carbocycles. The molecule has 3 nitrogen and oxygen atoms in total. The summed E-state index contributed by atoms with van der Waals surface area (Å²) in [5.41, 5.74) is 3.82. The lowest BCUT2D eigenvalue weighted by atomic mass is 9.75. The molecule has 0 atom stereocenters. The number of hydrogen-bond acceptors (Lipinski definition) is 2. The van der Waals surface area contributed by atoms with E-state index in [0.29, 0.717) is 5.41 Å². The van der Waals surface area contributed by atoms with Gasteiger partial charge < -0.3 is 10.2 Å². The Kier molecular flexibility index (Phi) is 3.78. The molecular weight excluding hydrogens is 260 g/mol. The summed E-state index contributed by atoms with van der Waals surface area (Å²) in [5, 5.41) is 3.33. The lowest BCUT2D eigenvalue weighted by Gasteiger charge is -2.38. The monoisotopic (exact) mass is 286 g/mol. The molecule has 21 heavy (non-hydrogen) atoms. The van der Waals surface area contributed by atoms with Gasteiger partial charge in [0, 0.05) is 31.7 Å². The molecule has 1 aromatic rings. The normalized spacial score (nSPS) is 19.7. The third-order valence-electron chi connectivity index (χ3n) is 5.09. The Hall–Kier alpha value is -1.35. The van der Waals surface area contributed by atoms with E-state index in [2.05, 4.69) is 38.2 Å². The quantitative estimate of drug-likeness (QED) is 0.860. The van der Waals surface area contributed by atoms with Gasteiger partial charge in [-0.1, -0.05) is 26.8 Å². The lowest BCUT2D eigenvalue weighted by molar-refractivity contribution is 0.0608. The summed E-state index contributed by atoms with van der Waals surface area (Å²) in [4.78, 5) is 14.7. The second-order valence-electron chi connectivity index (χ2n) is 7.52. The number of hydrogen-bond donors (Lipinski definition) is 1. The largest absolute Gasteiger partial charge is 0.339 e. The van der Waals surface area contributed by atoms with Crippen LogP contribution in [-0.2, 0) is 13.1 Å². The average molecular weight is 286 g/mol. The minimum absolute atomic E-state index is 0.206. The number of likely N-dealkylation sites (tertiary alicyclic amines) is 1. The smallest absolute Gasteiger partial charge is 0.253 e. The zero-order valence-electron chi connectivity index (χ0n) is 13.4. The van der Waals surface area contributed by atoms with Gasteiger partial charge in [-0.25, -0.2) is 0 Å². The molecule has 2 aliphatic rings. The topological polar surface area (TPSA) is 32.3 Å². The van der Waals surface area contributed by atoms with Crippen molar-refractivity contribution in [1.82, 2.24) is 10.2 Å². The predicted octanol–water partition coefficient (Wildman–Crippen LogP) is 3.19. The highest BCUT2D eigenvalue weighted by molar-refractivity contribution is 5.94. The fourth-order valence-corrected chi connectivity index (χ4v) is 3.56. The van der Waals surface area contributed by atoms with Gasteiger partial charge >= 0.3 is 0 Å². The molecule has 114 valence electrons. The molecular formula is C18H26N2O. The first-order valence-corrected chi connectivity index (χ1v) is 8.07. The maximum atomic E-state index is 12.7. The van der Waals surface area contributed by atoms with Crippen LogP contribution in [0.3, 0.4) is 0 Å². The molecule has 3 rings (SSSR count). The maximum absolute atomic E-state index is 12.7. The fraction of sp³-hybridized carbons (Fsp3) is 0.611. The molecule has 1 aromatic carbocycles. The van der Waals surface area contributed by atoms with E-state index < -0.39 is 0 Å². The van der Waals surface area contributed by atoms with E-state index >= 15 is 0 Å². The maximum Gasteiger partial charge on any atom is 0.253 e. The first-order chi connectivity index (χ1) is 9.95. The van der Waals surface area contributed by atoms with E-state index in [9.17, 15) is 4.79 Å². The van der Waals surface area contributed by atoms with Gasteiger partial charge in [-0.05, 0) is 47.4 Å². The first kappa shape index (κ1) is 14.6. The van der Waals surface area contributed by atoms with Crippen molar-refractivity contribution in [2.45, 2.75) is 46.7 Å². The van der Waals surface area contributed by atoms with Crippen molar-refractivity contribution in [2.75, 3.05) is 13.1 Å². The van der Waals surface area contributed by atoms with E-state index in [4.69, 9.17) is 0 Å². The molecule has 0 spiro atoms. The summed E-state index contributed by atoms with van der Waals surface area (Å²) in [5.74, 6) is 0.933. The van der Waals surface area contributed by atoms with Gasteiger partial charge in [0.05, 0.1) is 0 Å². The molecule has 0 radical (unpaired) electrons. The molecule has 0 unspecified atom stereocenters. The standard InChI is InChI=1S/C18H26N2O/c1-18(2,3)16-6-8-20(9-7-16)17(21)13-4-5-14-11-19-12-15(14)10-13/h4-5,10,16,19H,6-9,11-12H2,1-3H3. The second kappa shape index (κ2) is 5.45. The zero-order valence-corrected chi connectivity index (χ0v) is 13.4. The van der Waals surface area contributed by atoms with Crippen LogP contribution in [0.4, 0.5) is 0 Å². The third-order valence-corrected chi connectivity index (χ3v) is 5.09. The van der Waals surface area contributed by atoms with Crippen LogP contribution in [0.1, 0.15) is 55.1 Å². The van der Waals surface area contributed by atoms with Crippen LogP contribution in [0.5, 0.6) is 0 Å². The number of carbonyl (C=O) groups is 1. The summed E-state index contributed by atoms with van der Waals surface area (Å²) in [6.45, 7) is 10.5. The lowest BCUT2D eigenvalue weighted by Crippen LogP contribution is -2.41. The Morgan fingerprint density at radius 3 is 2.48 bits per heavy atom. The first-order valence-electron chi connectivity index (χ1n) is 8.07. The van der Waals surface area contributed by atoms with Gasteiger partial charge in [-0.15, -0.1) is 0 Å². The molecule has 0 bridgehead atoms. The number of carbonyl (C=O) groups excluding carboxylic acids is 1. The van der Waals surface area contributed by atoms with Crippen molar-refractivity contribution in [1.29, 1.82) is 0 Å². The van der Waals surface area contributed by atoms with Gasteiger partial charge in [-0.2, -0.15) is 0 Å². The van der Waals surface area contributed by atoms with Crippen molar-refractivity contribution >= 4 is 5.91 Å². The van der Waals surface area contributed by atoms with Crippen LogP contribution in [0.15, 0.2) is 18.2 Å². The van der Waals surface area contributed by atoms with E-state index in [1.807, 2.05) is 11.0 Å². The van der Waals surface area contributed by atoms with Crippen molar-refractivity contribution < 1.29 is 4.79 Å². The van der Waals surface area contributed by atoms with Crippen LogP contribution in [0.2, 0.25) is 0 Å². The summed E-state index contributed by atoms with van der Waals surface area (Å²) < 4.78 is 0. The number of benzene rings is 1. The van der Waals surface area contributed by atoms with Crippen LogP contribution >= 0.6 is 0 Å². The van der Waals surface area contributed by atoms with Crippen molar-refractivity contribution in [3.63, 3.8) is 0 Å². The van der Waals surface area contributed by atoms with Crippen molar-refractivity contribution in [2.24, 2.45) is 11.3 Å². The second-order valence-corrected chi connectivity index (χ2v) is 7.52. The van der Waals surface area contributed by atoms with E-state index in [-0.39, 0.29) is 5.91 Å². The van der Waals surface area contributed by atoms with Crippen molar-refractivity contribution in [3.05, 3.63) is 34.9 Å². The van der Waals surface area contributed by atoms with Gasteiger partial charge in [0.15, 0.2) is 0 Å². The molecule has 1 saturated heterocycles. The molecule has 1 fully saturated rings. The highest BCUT2D eigenvalue weighted by Gasteiger charge is 2.30. The summed E-state index contributed by atoms with van der Waals surface area (Å²) in [7, 11) is 0. The Balaban J connectivity index is 1.67. The number of amides is 1. The van der Waals surface area contributed by atoms with Gasteiger partial charge in [-0.3, -0.25) is 4.79 Å². The Morgan fingerprint density at radius 1 is 1.14 bits per heavy atom. The van der Waals surface area contributed by atoms with Gasteiger partial charge in [0.25, 0.3) is 5.91 Å². The van der Waals surface area contributed by atoms with E-state index in [1.54, 1.807) is 0 Å². The summed E-state index contributed by atoms with van der Waals surface area (Å²) >= 11 is 0. The number of nitrogens with zero attached hydrogens (tertiary/aromatic N) is 1. The van der Waals surface area contributed by atoms with E-state index in [0.717, 1.165) is 50.5 Å². The fourth-order valence-electron chi connectivity index (χ4n) is 3.56. The molecule has 0 aromatic heterocycles. The van der Waals surface area contributed by atoms with Crippen LogP contribution < -0.4 is 5.32 Å². The zero-order chi connectivity index (χ0) is 15.0. The number of fused-ring (bicyclic) bond motifs is 1. The molecule has 1 N–H and O–H groups in total. The minimum atomic E-state index is 0.206. The van der Waals surface area contributed by atoms with Crippen molar-refractivity contribution in [3.8, 4) is 0 Å². The van der Waals surface area contributed by atoms with Crippen LogP contribution in [-0.4, -0.2) is 23.9 Å².